The van der Waals surface area contributed by atoms with E-state index >= 15 is 0 Å². The second-order valence-electron chi connectivity index (χ2n) is 7.00. The zero-order valence-electron chi connectivity index (χ0n) is 16.4. The van der Waals surface area contributed by atoms with E-state index in [-0.39, 0.29) is 36.1 Å². The van der Waals surface area contributed by atoms with Crippen LogP contribution in [0.3, 0.4) is 0 Å². The van der Waals surface area contributed by atoms with Crippen LogP contribution in [0.1, 0.15) is 16.9 Å². The predicted molar refractivity (Wildman–Crippen MR) is 112 cm³/mol. The molecule has 1 fully saturated rings. The second-order valence-corrected chi connectivity index (χ2v) is 9.35. The van der Waals surface area contributed by atoms with Crippen LogP contribution in [0.5, 0.6) is 0 Å². The van der Waals surface area contributed by atoms with Gasteiger partial charge in [0.25, 0.3) is 5.91 Å². The number of amides is 1. The fourth-order valence-electron chi connectivity index (χ4n) is 3.37. The summed E-state index contributed by atoms with van der Waals surface area (Å²) in [6.07, 6.45) is 1.96. The fraction of sp³-hybridized carbons (Fsp3) is 0.250. The number of aromatic nitrogens is 3. The van der Waals surface area contributed by atoms with Crippen molar-refractivity contribution in [3.8, 4) is 5.69 Å². The Morgan fingerprint density at radius 3 is 2.48 bits per heavy atom. The summed E-state index contributed by atoms with van der Waals surface area (Å²) in [6, 6.07) is 11.8. The highest BCUT2D eigenvalue weighted by molar-refractivity contribution is 7.89. The first kappa shape index (κ1) is 21.4. The number of halogens is 2. The topological polar surface area (TPSA) is 88.4 Å². The standard InChI is InChI=1S/C20H19ClFN5O3S/c21-17-4-1-2-5-19(17)27-14-18(23-24-27)20(28)25-10-3-11-26(13-12-25)31(29,30)16-8-6-15(22)7-9-16/h1-2,4-9,14H,3,10-13H2. The van der Waals surface area contributed by atoms with Crippen molar-refractivity contribution in [2.24, 2.45) is 0 Å². The first-order valence-electron chi connectivity index (χ1n) is 9.58. The molecule has 2 heterocycles. The summed E-state index contributed by atoms with van der Waals surface area (Å²) in [4.78, 5) is 14.5. The zero-order valence-corrected chi connectivity index (χ0v) is 17.9. The van der Waals surface area contributed by atoms with Gasteiger partial charge in [0.05, 0.1) is 21.8 Å². The molecule has 1 amide bonds. The number of hydrogen-bond acceptors (Lipinski definition) is 5. The van der Waals surface area contributed by atoms with Gasteiger partial charge in [-0.05, 0) is 42.8 Å². The van der Waals surface area contributed by atoms with Gasteiger partial charge in [-0.3, -0.25) is 4.79 Å². The molecule has 8 nitrogen and oxygen atoms in total. The molecule has 0 bridgehead atoms. The molecule has 11 heteroatoms. The van der Waals surface area contributed by atoms with Crippen molar-refractivity contribution in [2.45, 2.75) is 11.3 Å². The quantitative estimate of drug-likeness (QED) is 0.593. The van der Waals surface area contributed by atoms with Crippen molar-refractivity contribution in [3.63, 3.8) is 0 Å². The smallest absolute Gasteiger partial charge is 0.276 e. The van der Waals surface area contributed by atoms with Crippen molar-refractivity contribution >= 4 is 27.5 Å². The Balaban J connectivity index is 1.47. The molecule has 31 heavy (non-hydrogen) atoms. The minimum atomic E-state index is -3.77. The average molecular weight is 464 g/mol. The Kier molecular flexibility index (Phi) is 6.03. The highest BCUT2D eigenvalue weighted by Gasteiger charge is 2.29. The normalized spacial score (nSPS) is 15.6. The number of sulfonamides is 1. The lowest BCUT2D eigenvalue weighted by atomic mass is 10.3. The number of nitrogens with zero attached hydrogens (tertiary/aromatic N) is 5. The summed E-state index contributed by atoms with van der Waals surface area (Å²) in [6.45, 7) is 0.978. The van der Waals surface area contributed by atoms with Crippen molar-refractivity contribution in [1.82, 2.24) is 24.2 Å². The van der Waals surface area contributed by atoms with E-state index in [4.69, 9.17) is 11.6 Å². The Morgan fingerprint density at radius 2 is 1.74 bits per heavy atom. The van der Waals surface area contributed by atoms with E-state index in [0.717, 1.165) is 12.1 Å². The summed E-state index contributed by atoms with van der Waals surface area (Å²) in [5.74, 6) is -0.837. The SMILES string of the molecule is O=C(c1cn(-c2ccccc2Cl)nn1)N1CCCN(S(=O)(=O)c2ccc(F)cc2)CC1. The largest absolute Gasteiger partial charge is 0.336 e. The van der Waals surface area contributed by atoms with Gasteiger partial charge in [0.2, 0.25) is 10.0 Å². The summed E-state index contributed by atoms with van der Waals surface area (Å²) >= 11 is 6.17. The van der Waals surface area contributed by atoms with Crippen molar-refractivity contribution in [1.29, 1.82) is 0 Å². The van der Waals surface area contributed by atoms with Crippen LogP contribution in [-0.2, 0) is 10.0 Å². The van der Waals surface area contributed by atoms with Gasteiger partial charge in [0.1, 0.15) is 5.82 Å². The van der Waals surface area contributed by atoms with Crippen LogP contribution in [0.2, 0.25) is 5.02 Å². The summed E-state index contributed by atoms with van der Waals surface area (Å²) in [5, 5.41) is 8.42. The van der Waals surface area contributed by atoms with E-state index in [2.05, 4.69) is 10.3 Å². The molecule has 0 unspecified atom stereocenters. The molecule has 0 saturated carbocycles. The molecule has 0 spiro atoms. The molecule has 1 saturated heterocycles. The van der Waals surface area contributed by atoms with Gasteiger partial charge >= 0.3 is 0 Å². The van der Waals surface area contributed by atoms with Crippen LogP contribution in [0.25, 0.3) is 5.69 Å². The van der Waals surface area contributed by atoms with Crippen LogP contribution in [0.15, 0.2) is 59.6 Å². The Bertz CT molecular complexity index is 1200. The van der Waals surface area contributed by atoms with E-state index in [0.29, 0.717) is 23.7 Å². The van der Waals surface area contributed by atoms with Crippen molar-refractivity contribution in [2.75, 3.05) is 26.2 Å². The number of benzene rings is 2. The van der Waals surface area contributed by atoms with E-state index in [1.54, 1.807) is 29.2 Å². The van der Waals surface area contributed by atoms with Gasteiger partial charge in [-0.1, -0.05) is 28.9 Å². The van der Waals surface area contributed by atoms with Crippen molar-refractivity contribution in [3.05, 3.63) is 71.3 Å². The Hall–Kier alpha value is -2.82. The van der Waals surface area contributed by atoms with E-state index in [1.165, 1.54) is 27.3 Å². The van der Waals surface area contributed by atoms with Gasteiger partial charge in [0, 0.05) is 26.2 Å². The molecule has 4 rings (SSSR count). The Morgan fingerprint density at radius 1 is 1.00 bits per heavy atom. The van der Waals surface area contributed by atoms with E-state index < -0.39 is 15.8 Å². The molecule has 3 aromatic rings. The number of hydrogen-bond donors (Lipinski definition) is 0. The van der Waals surface area contributed by atoms with Gasteiger partial charge in [-0.2, -0.15) is 4.31 Å². The first-order chi connectivity index (χ1) is 14.9. The predicted octanol–water partition coefficient (Wildman–Crippen LogP) is 2.60. The molecular formula is C20H19ClFN5O3S. The third-order valence-electron chi connectivity index (χ3n) is 5.01. The van der Waals surface area contributed by atoms with Gasteiger partial charge in [-0.15, -0.1) is 5.10 Å². The third-order valence-corrected chi connectivity index (χ3v) is 7.24. The van der Waals surface area contributed by atoms with Crippen LogP contribution in [0.4, 0.5) is 4.39 Å². The molecule has 0 aliphatic carbocycles. The highest BCUT2D eigenvalue weighted by Crippen LogP contribution is 2.20. The lowest BCUT2D eigenvalue weighted by Gasteiger charge is -2.21. The maximum atomic E-state index is 13.1. The van der Waals surface area contributed by atoms with Gasteiger partial charge in [0.15, 0.2) is 5.69 Å². The minimum Gasteiger partial charge on any atom is -0.336 e. The maximum absolute atomic E-state index is 13.1. The monoisotopic (exact) mass is 463 g/mol. The Labute approximate surface area is 183 Å². The average Bonchev–Trinajstić information content (AvgIpc) is 3.10. The lowest BCUT2D eigenvalue weighted by Crippen LogP contribution is -2.37. The number of carbonyl (C=O) groups is 1. The summed E-state index contributed by atoms with van der Waals surface area (Å²) in [5.41, 5.74) is 0.748. The second kappa shape index (κ2) is 8.74. The lowest BCUT2D eigenvalue weighted by molar-refractivity contribution is 0.0758. The molecule has 0 radical (unpaired) electrons. The first-order valence-corrected chi connectivity index (χ1v) is 11.4. The molecule has 2 aromatic carbocycles. The van der Waals surface area contributed by atoms with Crippen LogP contribution in [0, 0.1) is 5.82 Å². The highest BCUT2D eigenvalue weighted by atomic mass is 35.5. The van der Waals surface area contributed by atoms with Crippen LogP contribution >= 0.6 is 11.6 Å². The number of carbonyl (C=O) groups excluding carboxylic acids is 1. The molecule has 1 aliphatic rings. The fourth-order valence-corrected chi connectivity index (χ4v) is 5.06. The molecule has 1 aromatic heterocycles. The number of rotatable bonds is 4. The van der Waals surface area contributed by atoms with Crippen molar-refractivity contribution < 1.29 is 17.6 Å². The van der Waals surface area contributed by atoms with E-state index in [9.17, 15) is 17.6 Å². The maximum Gasteiger partial charge on any atom is 0.276 e. The molecule has 162 valence electrons. The van der Waals surface area contributed by atoms with Crippen LogP contribution in [-0.4, -0.2) is 64.7 Å². The van der Waals surface area contributed by atoms with E-state index in [1.807, 2.05) is 0 Å². The van der Waals surface area contributed by atoms with Gasteiger partial charge in [-0.25, -0.2) is 17.5 Å². The molecule has 0 atom stereocenters. The van der Waals surface area contributed by atoms with Crippen LogP contribution < -0.4 is 0 Å². The molecule has 0 N–H and O–H groups in total. The molecular weight excluding hydrogens is 445 g/mol. The third kappa shape index (κ3) is 4.46. The number of para-hydroxylation sites is 1. The van der Waals surface area contributed by atoms with Gasteiger partial charge < -0.3 is 4.90 Å². The summed E-state index contributed by atoms with van der Waals surface area (Å²) < 4.78 is 41.6. The molecule has 1 aliphatic heterocycles. The minimum absolute atomic E-state index is 0.0244. The zero-order chi connectivity index (χ0) is 22.0. The summed E-state index contributed by atoms with van der Waals surface area (Å²) in [7, 11) is -3.77.